The number of unbranched alkanes of at least 4 members (excludes halogenated alkanes) is 4. The van der Waals surface area contributed by atoms with E-state index in [1.165, 1.54) is 34.8 Å². The molecule has 0 atom stereocenters. The Kier molecular flexibility index (Phi) is 9.83. The van der Waals surface area contributed by atoms with Crippen LogP contribution in [0.25, 0.3) is 39.4 Å². The van der Waals surface area contributed by atoms with Gasteiger partial charge in [0.05, 0.1) is 23.4 Å². The van der Waals surface area contributed by atoms with Crippen LogP contribution in [0.4, 0.5) is 4.39 Å². The fourth-order valence-electron chi connectivity index (χ4n) is 5.04. The monoisotopic (exact) mass is 637 g/mol. The minimum atomic E-state index is -0.462. The molecule has 0 aliphatic carbocycles. The van der Waals surface area contributed by atoms with Crippen molar-refractivity contribution in [2.75, 3.05) is 13.2 Å². The average molecular weight is 638 g/mol. The molecular formula is C36H36FN5O3S. The zero-order chi connectivity index (χ0) is 31.9. The summed E-state index contributed by atoms with van der Waals surface area (Å²) < 4.78 is 30.0. The number of aromatic nitrogens is 5. The van der Waals surface area contributed by atoms with Gasteiger partial charge in [-0.25, -0.2) is 9.07 Å². The second kappa shape index (κ2) is 14.5. The van der Waals surface area contributed by atoms with E-state index < -0.39 is 5.82 Å². The predicted molar refractivity (Wildman–Crippen MR) is 180 cm³/mol. The van der Waals surface area contributed by atoms with E-state index in [1.54, 1.807) is 22.9 Å². The molecule has 46 heavy (non-hydrogen) atoms. The van der Waals surface area contributed by atoms with Crippen molar-refractivity contribution >= 4 is 22.4 Å². The second-order valence-corrected chi connectivity index (χ2v) is 12.0. The lowest BCUT2D eigenvalue weighted by molar-refractivity contribution is 0.294. The predicted octanol–water partition coefficient (Wildman–Crippen LogP) is 7.50. The number of halogens is 1. The minimum Gasteiger partial charge on any atom is -0.494 e. The summed E-state index contributed by atoms with van der Waals surface area (Å²) in [7, 11) is 0. The molecule has 236 valence electrons. The third kappa shape index (κ3) is 7.02. The average Bonchev–Trinajstić information content (AvgIpc) is 3.77. The van der Waals surface area contributed by atoms with E-state index in [0.717, 1.165) is 42.7 Å². The van der Waals surface area contributed by atoms with Gasteiger partial charge in [-0.3, -0.25) is 4.79 Å². The molecule has 6 aromatic rings. The molecule has 3 aromatic heterocycles. The van der Waals surface area contributed by atoms with Gasteiger partial charge in [0.15, 0.2) is 17.4 Å². The Morgan fingerprint density at radius 1 is 0.848 bits per heavy atom. The first kappa shape index (κ1) is 31.2. The Morgan fingerprint density at radius 2 is 1.61 bits per heavy atom. The van der Waals surface area contributed by atoms with Crippen LogP contribution in [0.2, 0.25) is 0 Å². The summed E-state index contributed by atoms with van der Waals surface area (Å²) in [4.78, 5) is 18.6. The van der Waals surface area contributed by atoms with Crippen LogP contribution in [-0.4, -0.2) is 37.6 Å². The first-order valence-electron chi connectivity index (χ1n) is 15.8. The van der Waals surface area contributed by atoms with Crippen molar-refractivity contribution in [1.29, 1.82) is 0 Å². The molecule has 10 heteroatoms. The molecule has 0 spiro atoms. The normalized spacial score (nSPS) is 11.8. The first-order valence-corrected chi connectivity index (χ1v) is 16.6. The van der Waals surface area contributed by atoms with Crippen molar-refractivity contribution in [2.45, 2.75) is 52.4 Å². The SMILES string of the molecule is CCCCCCOc1ccc(-c2nc3s/c(=C\c4cn(-c5ccccc5)nc4-c4ccc(OCCCC)c(F)c4)c(=O)n3n2)cc1. The van der Waals surface area contributed by atoms with E-state index in [2.05, 4.69) is 23.9 Å². The van der Waals surface area contributed by atoms with Crippen LogP contribution in [-0.2, 0) is 0 Å². The third-order valence-electron chi connectivity index (χ3n) is 7.57. The topological polar surface area (TPSA) is 83.5 Å². The van der Waals surface area contributed by atoms with E-state index in [0.29, 0.717) is 45.4 Å². The number of benzene rings is 3. The molecule has 0 saturated carbocycles. The number of ether oxygens (including phenoxy) is 2. The number of rotatable bonds is 14. The van der Waals surface area contributed by atoms with Gasteiger partial charge >= 0.3 is 0 Å². The second-order valence-electron chi connectivity index (χ2n) is 11.0. The van der Waals surface area contributed by atoms with Crippen LogP contribution in [0.1, 0.15) is 57.9 Å². The van der Waals surface area contributed by atoms with Crippen LogP contribution in [0.3, 0.4) is 0 Å². The molecule has 0 amide bonds. The Hall–Kier alpha value is -4.83. The first-order chi connectivity index (χ1) is 22.5. The molecular weight excluding hydrogens is 601 g/mol. The van der Waals surface area contributed by atoms with E-state index in [9.17, 15) is 4.79 Å². The van der Waals surface area contributed by atoms with Gasteiger partial charge in [0.25, 0.3) is 5.56 Å². The van der Waals surface area contributed by atoms with Crippen LogP contribution in [0.5, 0.6) is 11.5 Å². The van der Waals surface area contributed by atoms with E-state index in [-0.39, 0.29) is 11.3 Å². The lowest BCUT2D eigenvalue weighted by Gasteiger charge is -2.08. The Labute approximate surface area is 270 Å². The number of thiazole rings is 1. The lowest BCUT2D eigenvalue weighted by Crippen LogP contribution is -2.23. The fourth-order valence-corrected chi connectivity index (χ4v) is 5.94. The molecule has 0 radical (unpaired) electrons. The van der Waals surface area contributed by atoms with E-state index in [1.807, 2.05) is 60.8 Å². The standard InChI is InChI=1S/C36H36FN5O3S/c1-3-5-7-11-21-44-29-17-14-25(15-18-29)34-38-36-42(40-34)35(43)32(46-36)23-27-24-41(28-12-9-8-10-13-28)39-33(27)26-16-19-31(30(37)22-26)45-20-6-4-2/h8-10,12-19,22-24H,3-7,11,20-21H2,1-2H3/b32-23-. The quantitative estimate of drug-likeness (QED) is 0.115. The molecule has 3 aromatic carbocycles. The molecule has 0 bridgehead atoms. The van der Waals surface area contributed by atoms with Crippen molar-refractivity contribution in [2.24, 2.45) is 0 Å². The Balaban J connectivity index is 1.30. The highest BCUT2D eigenvalue weighted by Crippen LogP contribution is 2.29. The van der Waals surface area contributed by atoms with Crippen molar-refractivity contribution in [3.63, 3.8) is 0 Å². The van der Waals surface area contributed by atoms with Gasteiger partial charge in [-0.1, -0.05) is 69.1 Å². The van der Waals surface area contributed by atoms with E-state index in [4.69, 9.17) is 14.6 Å². The van der Waals surface area contributed by atoms with Gasteiger partial charge in [0.1, 0.15) is 11.4 Å². The van der Waals surface area contributed by atoms with Gasteiger partial charge in [0, 0.05) is 22.9 Å². The van der Waals surface area contributed by atoms with Gasteiger partial charge in [-0.15, -0.1) is 5.10 Å². The molecule has 3 heterocycles. The highest BCUT2D eigenvalue weighted by Gasteiger charge is 2.17. The van der Waals surface area contributed by atoms with Gasteiger partial charge in [-0.05, 0) is 73.5 Å². The highest BCUT2D eigenvalue weighted by atomic mass is 32.1. The number of fused-ring (bicyclic) bond motifs is 1. The Morgan fingerprint density at radius 3 is 2.35 bits per heavy atom. The number of hydrogen-bond donors (Lipinski definition) is 0. The third-order valence-corrected chi connectivity index (χ3v) is 8.53. The smallest absolute Gasteiger partial charge is 0.291 e. The lowest BCUT2D eigenvalue weighted by atomic mass is 10.1. The molecule has 8 nitrogen and oxygen atoms in total. The minimum absolute atomic E-state index is 0.206. The van der Waals surface area contributed by atoms with Gasteiger partial charge < -0.3 is 9.47 Å². The largest absolute Gasteiger partial charge is 0.494 e. The van der Waals surface area contributed by atoms with E-state index >= 15 is 4.39 Å². The number of nitrogens with zero attached hydrogens (tertiary/aromatic N) is 5. The number of hydrogen-bond acceptors (Lipinski definition) is 7. The molecule has 0 N–H and O–H groups in total. The zero-order valence-corrected chi connectivity index (χ0v) is 26.8. The van der Waals surface area contributed by atoms with Crippen LogP contribution in [0, 0.1) is 5.82 Å². The number of para-hydroxylation sites is 1. The molecule has 0 saturated heterocycles. The van der Waals surface area contributed by atoms with Crippen LogP contribution in [0.15, 0.2) is 83.8 Å². The summed E-state index contributed by atoms with van der Waals surface area (Å²) in [6, 6.07) is 22.1. The summed E-state index contributed by atoms with van der Waals surface area (Å²) >= 11 is 1.25. The van der Waals surface area contributed by atoms with Crippen LogP contribution >= 0.6 is 11.3 Å². The van der Waals surface area contributed by atoms with Crippen molar-refractivity contribution < 1.29 is 13.9 Å². The molecule has 0 fully saturated rings. The fraction of sp³-hybridized carbons (Fsp3) is 0.278. The van der Waals surface area contributed by atoms with Crippen molar-refractivity contribution in [3.05, 3.63) is 105 Å². The van der Waals surface area contributed by atoms with Gasteiger partial charge in [0.2, 0.25) is 4.96 Å². The van der Waals surface area contributed by atoms with Crippen molar-refractivity contribution in [3.8, 4) is 39.8 Å². The summed E-state index contributed by atoms with van der Waals surface area (Å²) in [5, 5.41) is 9.30. The summed E-state index contributed by atoms with van der Waals surface area (Å²) in [5.74, 6) is 1.01. The zero-order valence-electron chi connectivity index (χ0n) is 26.0. The summed E-state index contributed by atoms with van der Waals surface area (Å²) in [6.45, 7) is 5.39. The highest BCUT2D eigenvalue weighted by molar-refractivity contribution is 7.15. The Bertz CT molecular complexity index is 2020. The van der Waals surface area contributed by atoms with Gasteiger partial charge in [-0.2, -0.15) is 14.6 Å². The van der Waals surface area contributed by atoms with Crippen molar-refractivity contribution in [1.82, 2.24) is 24.4 Å². The summed E-state index contributed by atoms with van der Waals surface area (Å²) in [5.41, 5.74) is 3.13. The summed E-state index contributed by atoms with van der Waals surface area (Å²) in [6.07, 6.45) is 10.0. The molecule has 6 rings (SSSR count). The maximum Gasteiger partial charge on any atom is 0.291 e. The molecule has 0 aliphatic heterocycles. The van der Waals surface area contributed by atoms with Crippen LogP contribution < -0.4 is 19.6 Å². The molecule has 0 aliphatic rings. The maximum absolute atomic E-state index is 15.1. The maximum atomic E-state index is 15.1. The molecule has 0 unspecified atom stereocenters.